The van der Waals surface area contributed by atoms with Gasteiger partial charge in [0.15, 0.2) is 0 Å². The summed E-state index contributed by atoms with van der Waals surface area (Å²) in [5.41, 5.74) is 8.50. The summed E-state index contributed by atoms with van der Waals surface area (Å²) in [5.74, 6) is 0.585. The summed E-state index contributed by atoms with van der Waals surface area (Å²) in [7, 11) is 0. The van der Waals surface area contributed by atoms with Crippen LogP contribution in [0.1, 0.15) is 5.69 Å². The van der Waals surface area contributed by atoms with Crippen LogP contribution in [0.3, 0.4) is 0 Å². The maximum Gasteiger partial charge on any atom is 0.235 e. The van der Waals surface area contributed by atoms with E-state index < -0.39 is 0 Å². The van der Waals surface area contributed by atoms with Crippen molar-refractivity contribution in [1.29, 1.82) is 0 Å². The molecule has 0 fully saturated rings. The van der Waals surface area contributed by atoms with E-state index in [4.69, 9.17) is 15.0 Å². The molecule has 1 aliphatic rings. The molecule has 0 spiro atoms. The highest BCUT2D eigenvalue weighted by Crippen LogP contribution is 2.50. The molecule has 0 saturated heterocycles. The first-order valence-electron chi connectivity index (χ1n) is 12.9. The molecule has 0 aliphatic carbocycles. The van der Waals surface area contributed by atoms with Crippen LogP contribution in [-0.4, -0.2) is 15.0 Å². The number of hydrogen-bond donors (Lipinski definition) is 0. The largest absolute Gasteiger partial charge is 0.278 e. The molecule has 0 bridgehead atoms. The van der Waals surface area contributed by atoms with E-state index in [1.165, 1.54) is 0 Å². The second-order valence-corrected chi connectivity index (χ2v) is 9.40. The van der Waals surface area contributed by atoms with E-state index in [1.807, 2.05) is 42.5 Å². The maximum atomic E-state index is 5.15. The molecule has 4 nitrogen and oxygen atoms in total. The van der Waals surface area contributed by atoms with Gasteiger partial charge in [0, 0.05) is 21.9 Å². The number of benzene rings is 4. The SMILES string of the molecule is C=C/C=C(\C=C)c1cc(-c2ccccc2)nc(N2c3ccccc3-c3nc4ccccc4c4cccc2c34)n1. The Bertz CT molecular complexity index is 1950. The van der Waals surface area contributed by atoms with Crippen molar-refractivity contribution >= 4 is 44.6 Å². The number of para-hydroxylation sites is 2. The number of hydrogen-bond acceptors (Lipinski definition) is 4. The average molecular weight is 501 g/mol. The first-order chi connectivity index (χ1) is 19.3. The van der Waals surface area contributed by atoms with Gasteiger partial charge in [-0.1, -0.05) is 110 Å². The predicted octanol–water partition coefficient (Wildman–Crippen LogP) is 9.05. The first kappa shape index (κ1) is 22.8. The van der Waals surface area contributed by atoms with E-state index >= 15 is 0 Å². The quantitative estimate of drug-likeness (QED) is 0.175. The molecule has 1 aliphatic heterocycles. The lowest BCUT2D eigenvalue weighted by molar-refractivity contribution is 1.07. The third-order valence-corrected chi connectivity index (χ3v) is 7.14. The maximum absolute atomic E-state index is 5.15. The van der Waals surface area contributed by atoms with Gasteiger partial charge < -0.3 is 0 Å². The fourth-order valence-corrected chi connectivity index (χ4v) is 5.41. The Labute approximate surface area is 226 Å². The highest BCUT2D eigenvalue weighted by molar-refractivity contribution is 6.19. The van der Waals surface area contributed by atoms with Crippen LogP contribution in [0, 0.1) is 0 Å². The molecule has 6 aromatic rings. The summed E-state index contributed by atoms with van der Waals surface area (Å²) in [4.78, 5) is 17.5. The number of aromatic nitrogens is 3. The molecule has 0 unspecified atom stereocenters. The van der Waals surface area contributed by atoms with E-state index in [-0.39, 0.29) is 0 Å². The van der Waals surface area contributed by atoms with Crippen molar-refractivity contribution < 1.29 is 0 Å². The van der Waals surface area contributed by atoms with Crippen LogP contribution in [0.25, 0.3) is 49.8 Å². The van der Waals surface area contributed by atoms with E-state index in [9.17, 15) is 0 Å². The van der Waals surface area contributed by atoms with Crippen molar-refractivity contribution in [3.63, 3.8) is 0 Å². The van der Waals surface area contributed by atoms with E-state index in [0.29, 0.717) is 5.95 Å². The standard InChI is InChI=1S/C35H24N4/c1-3-13-23(4-2)29-22-30(24-14-6-5-7-15-24)38-35(37-29)39-31-20-11-9-17-27(31)34-33-26(18-12-21-32(33)39)25-16-8-10-19-28(25)36-34/h3-22H,1-2H2/b23-13+. The Hall–Kier alpha value is -5.35. The molecule has 0 atom stereocenters. The van der Waals surface area contributed by atoms with E-state index in [1.54, 1.807) is 12.2 Å². The van der Waals surface area contributed by atoms with Crippen LogP contribution in [0.15, 0.2) is 135 Å². The molecular weight excluding hydrogens is 476 g/mol. The van der Waals surface area contributed by atoms with Crippen LogP contribution in [0.2, 0.25) is 0 Å². The fourth-order valence-electron chi connectivity index (χ4n) is 5.41. The molecule has 4 aromatic carbocycles. The second-order valence-electron chi connectivity index (χ2n) is 9.40. The summed E-state index contributed by atoms with van der Waals surface area (Å²) in [6, 6.07) is 35.3. The van der Waals surface area contributed by atoms with Crippen molar-refractivity contribution in [2.75, 3.05) is 4.90 Å². The zero-order chi connectivity index (χ0) is 26.3. The third kappa shape index (κ3) is 3.65. The molecule has 39 heavy (non-hydrogen) atoms. The molecule has 0 saturated carbocycles. The summed E-state index contributed by atoms with van der Waals surface area (Å²) in [5, 5.41) is 3.38. The van der Waals surface area contributed by atoms with Gasteiger partial charge >= 0.3 is 0 Å². The zero-order valence-corrected chi connectivity index (χ0v) is 21.3. The number of rotatable bonds is 5. The van der Waals surface area contributed by atoms with Crippen LogP contribution in [-0.2, 0) is 0 Å². The van der Waals surface area contributed by atoms with Gasteiger partial charge in [-0.05, 0) is 35.2 Å². The molecule has 0 amide bonds. The lowest BCUT2D eigenvalue weighted by Crippen LogP contribution is -2.19. The Morgan fingerprint density at radius 2 is 1.44 bits per heavy atom. The molecule has 4 heteroatoms. The molecule has 3 heterocycles. The molecule has 2 aromatic heterocycles. The Kier molecular flexibility index (Phi) is 5.38. The smallest absolute Gasteiger partial charge is 0.235 e. The van der Waals surface area contributed by atoms with Crippen LogP contribution in [0.5, 0.6) is 0 Å². The minimum atomic E-state index is 0.585. The highest BCUT2D eigenvalue weighted by Gasteiger charge is 2.29. The van der Waals surface area contributed by atoms with Crippen LogP contribution in [0.4, 0.5) is 17.3 Å². The number of allylic oxidation sites excluding steroid dienone is 4. The second kappa shape index (κ2) is 9.19. The monoisotopic (exact) mass is 500 g/mol. The third-order valence-electron chi connectivity index (χ3n) is 7.14. The van der Waals surface area contributed by atoms with Gasteiger partial charge in [0.2, 0.25) is 5.95 Å². The average Bonchev–Trinajstić information content (AvgIpc) is 3.00. The number of anilines is 3. The Morgan fingerprint density at radius 3 is 2.28 bits per heavy atom. The van der Waals surface area contributed by atoms with Crippen molar-refractivity contribution in [2.24, 2.45) is 0 Å². The van der Waals surface area contributed by atoms with Crippen molar-refractivity contribution in [3.05, 3.63) is 140 Å². The van der Waals surface area contributed by atoms with Crippen molar-refractivity contribution in [3.8, 4) is 22.5 Å². The lowest BCUT2D eigenvalue weighted by atomic mass is 9.93. The van der Waals surface area contributed by atoms with Crippen molar-refractivity contribution in [2.45, 2.75) is 0 Å². The summed E-state index contributed by atoms with van der Waals surface area (Å²) >= 11 is 0. The normalized spacial score (nSPS) is 12.4. The van der Waals surface area contributed by atoms with Gasteiger partial charge in [0.1, 0.15) is 0 Å². The Balaban J connectivity index is 1.57. The molecule has 0 radical (unpaired) electrons. The highest BCUT2D eigenvalue weighted by atomic mass is 15.3. The zero-order valence-electron chi connectivity index (χ0n) is 21.3. The molecule has 184 valence electrons. The molecule has 0 N–H and O–H groups in total. The lowest BCUT2D eigenvalue weighted by Gasteiger charge is -2.32. The number of pyridine rings is 1. The van der Waals surface area contributed by atoms with Gasteiger partial charge in [0.05, 0.1) is 34.0 Å². The van der Waals surface area contributed by atoms with Gasteiger partial charge in [-0.2, -0.15) is 0 Å². The van der Waals surface area contributed by atoms with Crippen LogP contribution < -0.4 is 4.90 Å². The van der Waals surface area contributed by atoms with Crippen molar-refractivity contribution in [1.82, 2.24) is 15.0 Å². The number of fused-ring (bicyclic) bond motifs is 4. The topological polar surface area (TPSA) is 41.9 Å². The predicted molar refractivity (Wildman–Crippen MR) is 162 cm³/mol. The Morgan fingerprint density at radius 1 is 0.692 bits per heavy atom. The minimum absolute atomic E-state index is 0.585. The summed E-state index contributed by atoms with van der Waals surface area (Å²) < 4.78 is 0. The van der Waals surface area contributed by atoms with Crippen LogP contribution >= 0.6 is 0 Å². The number of nitrogens with zero attached hydrogens (tertiary/aromatic N) is 4. The first-order valence-corrected chi connectivity index (χ1v) is 12.9. The van der Waals surface area contributed by atoms with Gasteiger partial charge in [-0.3, -0.25) is 4.90 Å². The van der Waals surface area contributed by atoms with E-state index in [2.05, 4.69) is 84.8 Å². The molecule has 7 rings (SSSR count). The van der Waals surface area contributed by atoms with Gasteiger partial charge in [-0.25, -0.2) is 15.0 Å². The summed E-state index contributed by atoms with van der Waals surface area (Å²) in [6.07, 6.45) is 5.48. The minimum Gasteiger partial charge on any atom is -0.278 e. The fraction of sp³-hybridized carbons (Fsp3) is 0. The molecular formula is C35H24N4. The summed E-state index contributed by atoms with van der Waals surface area (Å²) in [6.45, 7) is 7.92. The van der Waals surface area contributed by atoms with E-state index in [0.717, 1.165) is 66.8 Å². The van der Waals surface area contributed by atoms with Gasteiger partial charge in [0.25, 0.3) is 0 Å². The van der Waals surface area contributed by atoms with Gasteiger partial charge in [-0.15, -0.1) is 0 Å².